The van der Waals surface area contributed by atoms with Crippen LogP contribution in [0.5, 0.6) is 0 Å². The quantitative estimate of drug-likeness (QED) is 0.436. The number of nitrogens with zero attached hydrogens (tertiary/aromatic N) is 1. The molecule has 2 rings (SSSR count). The summed E-state index contributed by atoms with van der Waals surface area (Å²) in [6.07, 6.45) is 13.1. The van der Waals surface area contributed by atoms with Crippen LogP contribution in [0.2, 0.25) is 0 Å². The van der Waals surface area contributed by atoms with E-state index in [2.05, 4.69) is 24.1 Å². The number of anilines is 1. The summed E-state index contributed by atoms with van der Waals surface area (Å²) >= 11 is 1.83. The number of hydrogen-bond donors (Lipinski definition) is 1. The van der Waals surface area contributed by atoms with Crippen molar-refractivity contribution in [1.29, 1.82) is 0 Å². The summed E-state index contributed by atoms with van der Waals surface area (Å²) in [5, 5.41) is 5.33. The molecule has 4 heteroatoms. The minimum atomic E-state index is 0.0419. The van der Waals surface area contributed by atoms with E-state index in [0.29, 0.717) is 0 Å². The van der Waals surface area contributed by atoms with Crippen LogP contribution in [0.25, 0.3) is 10.8 Å². The van der Waals surface area contributed by atoms with Crippen molar-refractivity contribution in [2.45, 2.75) is 70.5 Å². The lowest BCUT2D eigenvalue weighted by Crippen LogP contribution is -2.25. The Bertz CT molecular complexity index is 669. The largest absolute Gasteiger partial charge is 0.325 e. The van der Waals surface area contributed by atoms with Crippen LogP contribution in [0, 0.1) is 0 Å². The van der Waals surface area contributed by atoms with Crippen molar-refractivity contribution in [3.05, 3.63) is 36.7 Å². The minimum Gasteiger partial charge on any atom is -0.325 e. The lowest BCUT2D eigenvalue weighted by Gasteiger charge is -2.17. The molecule has 26 heavy (non-hydrogen) atoms. The van der Waals surface area contributed by atoms with Crippen molar-refractivity contribution in [3.8, 4) is 0 Å². The molecule has 0 saturated heterocycles. The van der Waals surface area contributed by atoms with E-state index in [0.717, 1.165) is 35.1 Å². The zero-order chi connectivity index (χ0) is 18.6. The van der Waals surface area contributed by atoms with Crippen LogP contribution in [0.1, 0.15) is 65.2 Å². The summed E-state index contributed by atoms with van der Waals surface area (Å²) in [7, 11) is 0. The van der Waals surface area contributed by atoms with Gasteiger partial charge in [0.1, 0.15) is 0 Å². The molecule has 1 aromatic heterocycles. The van der Waals surface area contributed by atoms with Gasteiger partial charge in [0.2, 0.25) is 5.91 Å². The smallest absolute Gasteiger partial charge is 0.237 e. The third-order valence-corrected chi connectivity index (χ3v) is 5.99. The van der Waals surface area contributed by atoms with E-state index < -0.39 is 0 Å². The summed E-state index contributed by atoms with van der Waals surface area (Å²) in [5.74, 6) is 1.22. The first-order chi connectivity index (χ1) is 12.8. The van der Waals surface area contributed by atoms with E-state index in [-0.39, 0.29) is 11.2 Å². The first-order valence-corrected chi connectivity index (χ1v) is 11.1. The second-order valence-corrected chi connectivity index (χ2v) is 8.12. The van der Waals surface area contributed by atoms with Crippen molar-refractivity contribution >= 4 is 34.1 Å². The third-order valence-electron chi connectivity index (χ3n) is 4.62. The highest BCUT2D eigenvalue weighted by atomic mass is 32.2. The van der Waals surface area contributed by atoms with Gasteiger partial charge in [-0.15, -0.1) is 11.8 Å². The minimum absolute atomic E-state index is 0.0419. The maximum absolute atomic E-state index is 12.9. The molecule has 142 valence electrons. The molecule has 1 atom stereocenters. The Morgan fingerprint density at radius 2 is 1.88 bits per heavy atom. The number of nitrogens with one attached hydrogen (secondary N) is 1. The van der Waals surface area contributed by atoms with Gasteiger partial charge in [-0.05, 0) is 30.7 Å². The zero-order valence-electron chi connectivity index (χ0n) is 16.2. The first kappa shape index (κ1) is 20.8. The Hall–Kier alpha value is -1.55. The van der Waals surface area contributed by atoms with Crippen molar-refractivity contribution < 1.29 is 4.79 Å². The van der Waals surface area contributed by atoms with Crippen LogP contribution in [0.15, 0.2) is 36.7 Å². The molecule has 0 bridgehead atoms. The Morgan fingerprint density at radius 3 is 2.69 bits per heavy atom. The number of carbonyl (C=O) groups is 1. The summed E-state index contributed by atoms with van der Waals surface area (Å²) in [5.41, 5.74) is 0.891. The normalized spacial score (nSPS) is 12.2. The molecule has 0 spiro atoms. The van der Waals surface area contributed by atoms with Crippen molar-refractivity contribution in [3.63, 3.8) is 0 Å². The molecule has 0 saturated carbocycles. The molecule has 0 aliphatic carbocycles. The number of thioether (sulfide) groups is 1. The molecule has 0 fully saturated rings. The summed E-state index contributed by atoms with van der Waals surface area (Å²) in [6.45, 7) is 4.44. The molecule has 0 aliphatic heterocycles. The molecule has 2 aromatic rings. The van der Waals surface area contributed by atoms with E-state index in [9.17, 15) is 4.79 Å². The first-order valence-electron chi connectivity index (χ1n) is 10.0. The van der Waals surface area contributed by atoms with Gasteiger partial charge in [-0.1, -0.05) is 64.5 Å². The Morgan fingerprint density at radius 1 is 1.08 bits per heavy atom. The fourth-order valence-corrected chi connectivity index (χ4v) is 4.27. The standard InChI is InChI=1S/C22H32N2OS/c1-3-5-7-9-16-26-21(13-8-6-4-2)22(25)24-20-12-10-11-18-17-23-15-14-19(18)20/h10-12,14-15,17,21H,3-9,13,16H2,1-2H3,(H,24,25). The van der Waals surface area contributed by atoms with Crippen molar-refractivity contribution in [2.75, 3.05) is 11.1 Å². The van der Waals surface area contributed by atoms with E-state index in [4.69, 9.17) is 0 Å². The monoisotopic (exact) mass is 372 g/mol. The predicted molar refractivity (Wildman–Crippen MR) is 115 cm³/mol. The third kappa shape index (κ3) is 6.64. The van der Waals surface area contributed by atoms with Gasteiger partial charge in [-0.2, -0.15) is 0 Å². The average molecular weight is 373 g/mol. The van der Waals surface area contributed by atoms with Gasteiger partial charge in [0, 0.05) is 28.9 Å². The molecule has 3 nitrogen and oxygen atoms in total. The van der Waals surface area contributed by atoms with Crippen molar-refractivity contribution in [1.82, 2.24) is 4.98 Å². The molecule has 0 aliphatic rings. The fraction of sp³-hybridized carbons (Fsp3) is 0.545. The van der Waals surface area contributed by atoms with Crippen LogP contribution in [-0.4, -0.2) is 21.9 Å². The second kappa shape index (κ2) is 11.9. The number of fused-ring (bicyclic) bond motifs is 1. The number of unbranched alkanes of at least 4 members (excludes halogenated alkanes) is 5. The van der Waals surface area contributed by atoms with E-state index in [1.807, 2.05) is 42.2 Å². The summed E-state index contributed by atoms with van der Waals surface area (Å²) < 4.78 is 0. The van der Waals surface area contributed by atoms with Crippen LogP contribution in [0.4, 0.5) is 5.69 Å². The predicted octanol–water partition coefficient (Wildman–Crippen LogP) is 6.44. The van der Waals surface area contributed by atoms with Crippen LogP contribution < -0.4 is 5.32 Å². The number of amides is 1. The van der Waals surface area contributed by atoms with E-state index in [1.165, 1.54) is 38.5 Å². The summed E-state index contributed by atoms with van der Waals surface area (Å²) in [4.78, 5) is 17.1. The molecule has 0 radical (unpaired) electrons. The molecule has 1 unspecified atom stereocenters. The van der Waals surface area contributed by atoms with E-state index >= 15 is 0 Å². The number of aromatic nitrogens is 1. The van der Waals surface area contributed by atoms with Crippen LogP contribution >= 0.6 is 11.8 Å². The van der Waals surface area contributed by atoms with Gasteiger partial charge >= 0.3 is 0 Å². The van der Waals surface area contributed by atoms with Gasteiger partial charge in [0.05, 0.1) is 5.25 Å². The number of hydrogen-bond acceptors (Lipinski definition) is 3. The van der Waals surface area contributed by atoms with Gasteiger partial charge < -0.3 is 5.32 Å². The molecular formula is C22H32N2OS. The number of rotatable bonds is 12. The Labute approximate surface area is 162 Å². The second-order valence-electron chi connectivity index (χ2n) is 6.81. The highest BCUT2D eigenvalue weighted by Gasteiger charge is 2.19. The zero-order valence-corrected chi connectivity index (χ0v) is 17.0. The fourth-order valence-electron chi connectivity index (χ4n) is 3.07. The van der Waals surface area contributed by atoms with Gasteiger partial charge in [0.15, 0.2) is 0 Å². The summed E-state index contributed by atoms with van der Waals surface area (Å²) in [6, 6.07) is 7.95. The van der Waals surface area contributed by atoms with Crippen LogP contribution in [0.3, 0.4) is 0 Å². The lowest BCUT2D eigenvalue weighted by atomic mass is 10.1. The number of pyridine rings is 1. The highest BCUT2D eigenvalue weighted by Crippen LogP contribution is 2.25. The molecule has 1 amide bonds. The highest BCUT2D eigenvalue weighted by molar-refractivity contribution is 8.00. The van der Waals surface area contributed by atoms with Crippen molar-refractivity contribution in [2.24, 2.45) is 0 Å². The Balaban J connectivity index is 1.99. The number of benzene rings is 1. The maximum Gasteiger partial charge on any atom is 0.237 e. The topological polar surface area (TPSA) is 42.0 Å². The average Bonchev–Trinajstić information content (AvgIpc) is 2.67. The van der Waals surface area contributed by atoms with E-state index in [1.54, 1.807) is 6.20 Å². The SMILES string of the molecule is CCCCCCSC(CCCCC)C(=O)Nc1cccc2cnccc12. The Kier molecular flexibility index (Phi) is 9.54. The molecule has 1 heterocycles. The lowest BCUT2D eigenvalue weighted by molar-refractivity contribution is -0.115. The van der Waals surface area contributed by atoms with Gasteiger partial charge in [-0.3, -0.25) is 9.78 Å². The number of carbonyl (C=O) groups excluding carboxylic acids is 1. The maximum atomic E-state index is 12.9. The van der Waals surface area contributed by atoms with Gasteiger partial charge in [0.25, 0.3) is 0 Å². The molecule has 1 N–H and O–H groups in total. The molecular weight excluding hydrogens is 340 g/mol. The molecule has 1 aromatic carbocycles. The van der Waals surface area contributed by atoms with Crippen LogP contribution in [-0.2, 0) is 4.79 Å². The van der Waals surface area contributed by atoms with Gasteiger partial charge in [-0.25, -0.2) is 0 Å².